The fourth-order valence-electron chi connectivity index (χ4n) is 6.47. The van der Waals surface area contributed by atoms with E-state index in [1.807, 2.05) is 5.32 Å². The van der Waals surface area contributed by atoms with Gasteiger partial charge < -0.3 is 94.2 Å². The molecule has 0 unspecified atom stereocenters. The average Bonchev–Trinajstić information content (AvgIpc) is 3.33. The zero-order chi connectivity index (χ0) is 60.0. The minimum atomic E-state index is -1.98. The molecule has 0 heterocycles. The lowest BCUT2D eigenvalue weighted by Crippen LogP contribution is -2.60. The third-order valence-corrected chi connectivity index (χ3v) is 10.7. The normalized spacial score (nSPS) is 14.2. The highest BCUT2D eigenvalue weighted by molar-refractivity contribution is 5.98. The lowest BCUT2D eigenvalue weighted by Gasteiger charge is -2.27. The molecule has 0 spiro atoms. The number of nitrogens with one attached hydrogen (secondary N) is 8. The molecule has 0 aromatic rings. The molecule has 35 nitrogen and oxygen atoms in total. The van der Waals surface area contributed by atoms with Gasteiger partial charge in [-0.2, -0.15) is 0 Å². The molecule has 19 N–H and O–H groups in total. The minimum Gasteiger partial charge on any atom is -0.481 e. The van der Waals surface area contributed by atoms with Crippen molar-refractivity contribution in [2.45, 2.75) is 164 Å². The first-order valence-corrected chi connectivity index (χ1v) is 23.4. The molecule has 35 heteroatoms. The Morgan fingerprint density at radius 2 is 0.449 bits per heavy atom. The van der Waals surface area contributed by atoms with E-state index in [-0.39, 0.29) is 0 Å². The van der Waals surface area contributed by atoms with Crippen molar-refractivity contribution < 1.29 is 127 Å². The molecule has 0 aromatic heterocycles. The molecule has 0 aromatic carbocycles. The van der Waals surface area contributed by atoms with Crippen LogP contribution in [0.3, 0.4) is 0 Å². The first kappa shape index (κ1) is 69.0. The summed E-state index contributed by atoms with van der Waals surface area (Å²) in [5.41, 5.74) is 5.68. The van der Waals surface area contributed by atoms with Gasteiger partial charge in [-0.3, -0.25) is 76.7 Å². The van der Waals surface area contributed by atoms with Crippen molar-refractivity contribution in [2.24, 2.45) is 5.73 Å². The van der Waals surface area contributed by atoms with Gasteiger partial charge in [-0.1, -0.05) is 0 Å². The first-order valence-electron chi connectivity index (χ1n) is 23.4. The number of carboxylic acids is 9. The maximum Gasteiger partial charge on any atom is 0.326 e. The number of carbonyl (C=O) groups excluding carboxylic acids is 8. The summed E-state index contributed by atoms with van der Waals surface area (Å²) in [6.07, 6.45) is -12.0. The van der Waals surface area contributed by atoms with Crippen molar-refractivity contribution in [3.8, 4) is 0 Å². The van der Waals surface area contributed by atoms with E-state index in [0.717, 1.165) is 6.92 Å². The largest absolute Gasteiger partial charge is 0.481 e. The molecule has 78 heavy (non-hydrogen) atoms. The molecule has 0 aliphatic rings. The van der Waals surface area contributed by atoms with Crippen molar-refractivity contribution in [1.29, 1.82) is 0 Å². The monoisotopic (exact) mass is 1120 g/mol. The molecule has 0 bridgehead atoms. The Hall–Kier alpha value is -9.05. The summed E-state index contributed by atoms with van der Waals surface area (Å²) in [7, 11) is 0. The number of carbonyl (C=O) groups is 17. The van der Waals surface area contributed by atoms with E-state index in [9.17, 15) is 117 Å². The van der Waals surface area contributed by atoms with E-state index in [2.05, 4.69) is 37.2 Å². The van der Waals surface area contributed by atoms with Crippen LogP contribution in [0.15, 0.2) is 0 Å². The highest BCUT2D eigenvalue weighted by Crippen LogP contribution is 2.10. The molecular formula is C43H63N9O26. The van der Waals surface area contributed by atoms with E-state index in [1.165, 1.54) is 0 Å². The fraction of sp³-hybridized carbons (Fsp3) is 0.605. The van der Waals surface area contributed by atoms with Crippen LogP contribution in [0.2, 0.25) is 0 Å². The maximum atomic E-state index is 13.7. The Bertz CT molecular complexity index is 2260. The number of rotatable bonds is 41. The Morgan fingerprint density at radius 1 is 0.269 bits per heavy atom. The van der Waals surface area contributed by atoms with Crippen LogP contribution in [0.1, 0.15) is 110 Å². The molecule has 0 aliphatic heterocycles. The Kier molecular flexibility index (Phi) is 31.2. The van der Waals surface area contributed by atoms with E-state index in [4.69, 9.17) is 15.9 Å². The summed E-state index contributed by atoms with van der Waals surface area (Å²) < 4.78 is 0. The minimum absolute atomic E-state index is 0.428. The zero-order valence-electron chi connectivity index (χ0n) is 41.6. The first-order chi connectivity index (χ1) is 36.2. The number of nitrogens with two attached hydrogens (primary N) is 1. The lowest BCUT2D eigenvalue weighted by molar-refractivity contribution is -0.144. The highest BCUT2D eigenvalue weighted by atomic mass is 16.4. The van der Waals surface area contributed by atoms with Crippen molar-refractivity contribution in [1.82, 2.24) is 42.5 Å². The quantitative estimate of drug-likeness (QED) is 0.0271. The van der Waals surface area contributed by atoms with Crippen molar-refractivity contribution >= 4 is 101 Å². The van der Waals surface area contributed by atoms with Gasteiger partial charge >= 0.3 is 53.7 Å². The van der Waals surface area contributed by atoms with Crippen LogP contribution in [0.4, 0.5) is 0 Å². The summed E-state index contributed by atoms with van der Waals surface area (Å²) >= 11 is 0. The van der Waals surface area contributed by atoms with E-state index < -0.39 is 258 Å². The van der Waals surface area contributed by atoms with Gasteiger partial charge in [0.2, 0.25) is 47.3 Å². The number of aliphatic carboxylic acids is 9. The second kappa shape index (κ2) is 35.3. The number of carboxylic acid groups (broad SMARTS) is 9. The standard InChI is InChI=1S/C43H63N9O26/c1-18(45-37(71)20(3-11-28(55)56)48-40(74)23(6-14-31(61)62)50-39(73)22(5-13-30(59)60)47-36(70)19(44)2-10-27(53)54)35(69)46-21(4-12-29(57)58)38(72)49-24(7-15-32(63)64)41(75)51-25(8-16-33(65)66)42(76)52-26(43(77)78)9-17-34(67)68/h18-26H,2-17,44H2,1H3,(H,45,71)(H,46,69)(H,47,70)(H,48,74)(H,49,72)(H,50,73)(H,51,75)(H,52,76)(H,53,54)(H,55,56)(H,57,58)(H,59,60)(H,61,62)(H,63,64)(H,65,66)(H,67,68)(H,77,78)/t18-,19-,20-,21-,22-,23-,24-,25-,26-/m0/s1. The van der Waals surface area contributed by atoms with Crippen LogP contribution in [-0.2, 0) is 81.5 Å². The second-order valence-electron chi connectivity index (χ2n) is 17.1. The van der Waals surface area contributed by atoms with Gasteiger partial charge in [0.15, 0.2) is 0 Å². The predicted molar refractivity (Wildman–Crippen MR) is 252 cm³/mol. The summed E-state index contributed by atoms with van der Waals surface area (Å²) in [6, 6.07) is -16.7. The van der Waals surface area contributed by atoms with Gasteiger partial charge in [0.25, 0.3) is 0 Å². The third kappa shape index (κ3) is 29.7. The van der Waals surface area contributed by atoms with E-state index >= 15 is 0 Å². The Labute approximate surface area is 440 Å². The average molecular weight is 1120 g/mol. The second-order valence-corrected chi connectivity index (χ2v) is 17.1. The van der Waals surface area contributed by atoms with Crippen LogP contribution in [0.25, 0.3) is 0 Å². The van der Waals surface area contributed by atoms with Crippen LogP contribution < -0.4 is 48.3 Å². The molecule has 9 atom stereocenters. The smallest absolute Gasteiger partial charge is 0.326 e. The third-order valence-electron chi connectivity index (χ3n) is 10.7. The van der Waals surface area contributed by atoms with Crippen LogP contribution in [0.5, 0.6) is 0 Å². The topological polar surface area (TPSA) is 595 Å². The van der Waals surface area contributed by atoms with Gasteiger partial charge in [0, 0.05) is 51.4 Å². The molecule has 0 rings (SSSR count). The SMILES string of the molecule is C[C@H](NC(=O)[C@H](CCC(=O)O)NC(=O)[C@H](CCC(=O)O)NC(=O)[C@H](CCC(=O)O)NC(=O)[C@@H](N)CCC(=O)O)C(=O)N[C@@H](CCC(=O)O)C(=O)N[C@@H](CCC(=O)O)C(=O)N[C@@H](CCC(=O)O)C(=O)N[C@@H](CCC(=O)O)C(=O)O. The lowest BCUT2D eigenvalue weighted by atomic mass is 10.0. The van der Waals surface area contributed by atoms with Gasteiger partial charge in [-0.25, -0.2) is 4.79 Å². The Balaban J connectivity index is 6.70. The van der Waals surface area contributed by atoms with Crippen molar-refractivity contribution in [2.75, 3.05) is 0 Å². The van der Waals surface area contributed by atoms with E-state index in [1.54, 1.807) is 0 Å². The van der Waals surface area contributed by atoms with Gasteiger partial charge in [-0.05, 0) is 58.3 Å². The number of hydrogen-bond donors (Lipinski definition) is 18. The maximum absolute atomic E-state index is 13.7. The van der Waals surface area contributed by atoms with E-state index in [0.29, 0.717) is 0 Å². The number of hydrogen-bond acceptors (Lipinski definition) is 18. The summed E-state index contributed by atoms with van der Waals surface area (Å²) in [5.74, 6) is -24.2. The molecule has 0 radical (unpaired) electrons. The van der Waals surface area contributed by atoms with Crippen LogP contribution >= 0.6 is 0 Å². The molecule has 0 fully saturated rings. The fourth-order valence-corrected chi connectivity index (χ4v) is 6.47. The van der Waals surface area contributed by atoms with Crippen molar-refractivity contribution in [3.63, 3.8) is 0 Å². The molecule has 436 valence electrons. The van der Waals surface area contributed by atoms with Crippen molar-refractivity contribution in [3.05, 3.63) is 0 Å². The zero-order valence-corrected chi connectivity index (χ0v) is 41.6. The summed E-state index contributed by atoms with van der Waals surface area (Å²) in [5, 5.41) is 99.8. The molecule has 8 amide bonds. The number of amides is 8. The van der Waals surface area contributed by atoms with Gasteiger partial charge in [-0.15, -0.1) is 0 Å². The molecule has 0 saturated carbocycles. The predicted octanol–water partition coefficient (Wildman–Crippen LogP) is -5.79. The van der Waals surface area contributed by atoms with Gasteiger partial charge in [0.1, 0.15) is 48.3 Å². The summed E-state index contributed by atoms with van der Waals surface area (Å²) in [6.45, 7) is 0.965. The highest BCUT2D eigenvalue weighted by Gasteiger charge is 2.35. The van der Waals surface area contributed by atoms with Gasteiger partial charge in [0.05, 0.1) is 6.04 Å². The molecular weight excluding hydrogens is 1060 g/mol. The van der Waals surface area contributed by atoms with Crippen LogP contribution in [0, 0.1) is 0 Å². The van der Waals surface area contributed by atoms with Crippen LogP contribution in [-0.4, -0.2) is 201 Å². The Morgan fingerprint density at radius 3 is 0.679 bits per heavy atom. The summed E-state index contributed by atoms with van der Waals surface area (Å²) in [4.78, 5) is 210. The molecule has 0 saturated heterocycles. The molecule has 0 aliphatic carbocycles.